The van der Waals surface area contributed by atoms with Crippen LogP contribution in [0, 0.1) is 0 Å². The van der Waals surface area contributed by atoms with Crippen molar-refractivity contribution in [3.05, 3.63) is 83.8 Å². The molecule has 3 rings (SSSR count). The molecule has 0 spiro atoms. The molecule has 0 bridgehead atoms. The monoisotopic (exact) mass is 319 g/mol. The molecule has 2 aromatic heterocycles. The van der Waals surface area contributed by atoms with E-state index in [9.17, 15) is 4.79 Å². The smallest absolute Gasteiger partial charge is 0.272 e. The third-order valence-electron chi connectivity index (χ3n) is 3.37. The quantitative estimate of drug-likeness (QED) is 0.729. The summed E-state index contributed by atoms with van der Waals surface area (Å²) in [4.78, 5) is 16.2. The van der Waals surface area contributed by atoms with E-state index in [0.717, 1.165) is 11.3 Å². The Hall–Kier alpha value is -3.28. The number of anilines is 1. The number of amides is 1. The Kier molecular flexibility index (Phi) is 5.09. The molecule has 0 aliphatic heterocycles. The van der Waals surface area contributed by atoms with Crippen molar-refractivity contribution in [2.45, 2.75) is 13.1 Å². The highest BCUT2D eigenvalue weighted by Gasteiger charge is 2.08. The van der Waals surface area contributed by atoms with Crippen molar-refractivity contribution in [2.24, 2.45) is 0 Å². The summed E-state index contributed by atoms with van der Waals surface area (Å²) in [5, 5.41) is 13.9. The molecule has 6 nitrogen and oxygen atoms in total. The molecule has 6 heteroatoms. The van der Waals surface area contributed by atoms with E-state index in [-0.39, 0.29) is 11.6 Å². The van der Waals surface area contributed by atoms with E-state index in [1.807, 2.05) is 48.5 Å². The number of benzene rings is 1. The summed E-state index contributed by atoms with van der Waals surface area (Å²) >= 11 is 0. The molecule has 0 saturated carbocycles. The SMILES string of the molecule is O=C(NCc1ccccn1)c1ccc(NCc2ccccc2)nn1. The van der Waals surface area contributed by atoms with Crippen molar-refractivity contribution in [3.8, 4) is 0 Å². The summed E-state index contributed by atoms with van der Waals surface area (Å²) in [7, 11) is 0. The van der Waals surface area contributed by atoms with Crippen molar-refractivity contribution >= 4 is 11.7 Å². The molecule has 24 heavy (non-hydrogen) atoms. The lowest BCUT2D eigenvalue weighted by Gasteiger charge is -2.06. The minimum atomic E-state index is -0.275. The maximum absolute atomic E-state index is 12.0. The second-order valence-electron chi connectivity index (χ2n) is 5.15. The van der Waals surface area contributed by atoms with Gasteiger partial charge in [-0.15, -0.1) is 10.2 Å². The van der Waals surface area contributed by atoms with E-state index in [2.05, 4.69) is 25.8 Å². The van der Waals surface area contributed by atoms with Gasteiger partial charge in [-0.1, -0.05) is 36.4 Å². The first-order valence-electron chi connectivity index (χ1n) is 7.61. The predicted molar refractivity (Wildman–Crippen MR) is 91.2 cm³/mol. The van der Waals surface area contributed by atoms with E-state index in [0.29, 0.717) is 18.9 Å². The van der Waals surface area contributed by atoms with E-state index in [1.54, 1.807) is 18.3 Å². The number of carbonyl (C=O) groups is 1. The fourth-order valence-corrected chi connectivity index (χ4v) is 2.10. The average Bonchev–Trinajstić information content (AvgIpc) is 2.66. The van der Waals surface area contributed by atoms with Crippen LogP contribution in [0.25, 0.3) is 0 Å². The third kappa shape index (κ3) is 4.36. The molecule has 0 fully saturated rings. The first-order chi connectivity index (χ1) is 11.8. The number of carbonyl (C=O) groups excluding carboxylic acids is 1. The van der Waals surface area contributed by atoms with Crippen molar-refractivity contribution in [2.75, 3.05) is 5.32 Å². The number of rotatable bonds is 6. The van der Waals surface area contributed by atoms with Crippen molar-refractivity contribution in [1.29, 1.82) is 0 Å². The maximum atomic E-state index is 12.0. The van der Waals surface area contributed by atoms with E-state index < -0.39 is 0 Å². The van der Waals surface area contributed by atoms with Gasteiger partial charge in [-0.25, -0.2) is 0 Å². The molecule has 120 valence electrons. The molecule has 0 aliphatic rings. The first kappa shape index (κ1) is 15.6. The molecule has 0 radical (unpaired) electrons. The summed E-state index contributed by atoms with van der Waals surface area (Å²) in [6.07, 6.45) is 1.69. The van der Waals surface area contributed by atoms with E-state index >= 15 is 0 Å². The van der Waals surface area contributed by atoms with Crippen LogP contribution in [-0.4, -0.2) is 21.1 Å². The Morgan fingerprint density at radius 1 is 0.875 bits per heavy atom. The molecular weight excluding hydrogens is 302 g/mol. The average molecular weight is 319 g/mol. The fraction of sp³-hybridized carbons (Fsp3) is 0.111. The van der Waals surface area contributed by atoms with Crippen LogP contribution >= 0.6 is 0 Å². The van der Waals surface area contributed by atoms with Crippen LogP contribution in [0.1, 0.15) is 21.7 Å². The van der Waals surface area contributed by atoms with Gasteiger partial charge in [0.1, 0.15) is 5.82 Å². The minimum absolute atomic E-state index is 0.274. The van der Waals surface area contributed by atoms with E-state index in [1.165, 1.54) is 0 Å². The summed E-state index contributed by atoms with van der Waals surface area (Å²) in [6, 6.07) is 18.9. The van der Waals surface area contributed by atoms with Gasteiger partial charge in [0.15, 0.2) is 5.69 Å². The highest BCUT2D eigenvalue weighted by molar-refractivity contribution is 5.92. The zero-order valence-corrected chi connectivity index (χ0v) is 13.0. The van der Waals surface area contributed by atoms with Gasteiger partial charge in [0, 0.05) is 12.7 Å². The van der Waals surface area contributed by atoms with Crippen LogP contribution in [0.5, 0.6) is 0 Å². The molecule has 0 saturated heterocycles. The molecule has 2 N–H and O–H groups in total. The zero-order valence-electron chi connectivity index (χ0n) is 13.0. The van der Waals surface area contributed by atoms with Gasteiger partial charge >= 0.3 is 0 Å². The first-order valence-corrected chi connectivity index (χ1v) is 7.61. The van der Waals surface area contributed by atoms with Crippen LogP contribution in [0.2, 0.25) is 0 Å². The maximum Gasteiger partial charge on any atom is 0.272 e. The molecule has 0 aliphatic carbocycles. The van der Waals surface area contributed by atoms with Crippen LogP contribution in [-0.2, 0) is 13.1 Å². The van der Waals surface area contributed by atoms with Gasteiger partial charge in [0.05, 0.1) is 12.2 Å². The van der Waals surface area contributed by atoms with Crippen LogP contribution in [0.3, 0.4) is 0 Å². The van der Waals surface area contributed by atoms with Gasteiger partial charge in [0.25, 0.3) is 5.91 Å². The highest BCUT2D eigenvalue weighted by atomic mass is 16.1. The standard InChI is InChI=1S/C18H17N5O/c24-18(21-13-15-8-4-5-11-19-15)16-9-10-17(23-22-16)20-12-14-6-2-1-3-7-14/h1-11H,12-13H2,(H,20,23)(H,21,24). The topological polar surface area (TPSA) is 79.8 Å². The molecule has 1 aromatic carbocycles. The van der Waals surface area contributed by atoms with Crippen molar-refractivity contribution in [3.63, 3.8) is 0 Å². The van der Waals surface area contributed by atoms with Gasteiger partial charge in [0.2, 0.25) is 0 Å². The number of nitrogens with zero attached hydrogens (tertiary/aromatic N) is 3. The fourth-order valence-electron chi connectivity index (χ4n) is 2.10. The van der Waals surface area contributed by atoms with Crippen molar-refractivity contribution < 1.29 is 4.79 Å². The normalized spacial score (nSPS) is 10.2. The lowest BCUT2D eigenvalue weighted by Crippen LogP contribution is -2.24. The molecule has 0 atom stereocenters. The van der Waals surface area contributed by atoms with Gasteiger partial charge in [-0.2, -0.15) is 0 Å². The summed E-state index contributed by atoms with van der Waals surface area (Å²) < 4.78 is 0. The third-order valence-corrected chi connectivity index (χ3v) is 3.37. The molecule has 0 unspecified atom stereocenters. The highest BCUT2D eigenvalue weighted by Crippen LogP contribution is 2.06. The lowest BCUT2D eigenvalue weighted by molar-refractivity contribution is 0.0944. The summed E-state index contributed by atoms with van der Waals surface area (Å²) in [5.41, 5.74) is 2.22. The summed E-state index contributed by atoms with van der Waals surface area (Å²) in [5.74, 6) is 0.350. The van der Waals surface area contributed by atoms with Crippen LogP contribution in [0.15, 0.2) is 66.9 Å². The number of nitrogens with one attached hydrogen (secondary N) is 2. The van der Waals surface area contributed by atoms with Gasteiger partial charge in [-0.3, -0.25) is 9.78 Å². The van der Waals surface area contributed by atoms with Crippen molar-refractivity contribution in [1.82, 2.24) is 20.5 Å². The minimum Gasteiger partial charge on any atom is -0.365 e. The molecule has 2 heterocycles. The molecule has 3 aromatic rings. The second-order valence-corrected chi connectivity index (χ2v) is 5.15. The second kappa shape index (κ2) is 7.82. The van der Waals surface area contributed by atoms with Crippen LogP contribution in [0.4, 0.5) is 5.82 Å². The van der Waals surface area contributed by atoms with Gasteiger partial charge in [-0.05, 0) is 29.8 Å². The van der Waals surface area contributed by atoms with Crippen LogP contribution < -0.4 is 10.6 Å². The Labute approximate surface area is 140 Å². The number of hydrogen-bond donors (Lipinski definition) is 2. The van der Waals surface area contributed by atoms with Gasteiger partial charge < -0.3 is 10.6 Å². The number of pyridine rings is 1. The Balaban J connectivity index is 1.53. The molecular formula is C18H17N5O. The number of hydrogen-bond acceptors (Lipinski definition) is 5. The number of aromatic nitrogens is 3. The Morgan fingerprint density at radius 3 is 2.42 bits per heavy atom. The Bertz CT molecular complexity index is 776. The summed E-state index contributed by atoms with van der Waals surface area (Å²) in [6.45, 7) is 1.01. The Morgan fingerprint density at radius 2 is 1.71 bits per heavy atom. The molecule has 1 amide bonds. The zero-order chi connectivity index (χ0) is 16.6. The largest absolute Gasteiger partial charge is 0.365 e. The lowest BCUT2D eigenvalue weighted by atomic mass is 10.2. The van der Waals surface area contributed by atoms with E-state index in [4.69, 9.17) is 0 Å². The predicted octanol–water partition coefficient (Wildman–Crippen LogP) is 2.41.